The number of nitrogens with zero attached hydrogens (tertiary/aromatic N) is 4. The molecule has 0 aliphatic heterocycles. The van der Waals surface area contributed by atoms with Crippen LogP contribution < -0.4 is 0 Å². The summed E-state index contributed by atoms with van der Waals surface area (Å²) >= 11 is 11.9. The van der Waals surface area contributed by atoms with Crippen molar-refractivity contribution in [2.24, 2.45) is 0 Å². The average molecular weight is 375 g/mol. The van der Waals surface area contributed by atoms with Gasteiger partial charge in [0.05, 0.1) is 22.8 Å². The number of amides is 1. The molecule has 0 unspecified atom stereocenters. The smallest absolute Gasteiger partial charge is 0.276 e. The first-order chi connectivity index (χ1) is 12.0. The van der Waals surface area contributed by atoms with Gasteiger partial charge in [-0.25, -0.2) is 4.68 Å². The molecule has 1 amide bonds. The van der Waals surface area contributed by atoms with Crippen LogP contribution in [0.2, 0.25) is 10.0 Å². The van der Waals surface area contributed by atoms with Crippen LogP contribution in [0.5, 0.6) is 0 Å². The van der Waals surface area contributed by atoms with Crippen molar-refractivity contribution in [2.45, 2.75) is 13.1 Å². The fourth-order valence-electron chi connectivity index (χ4n) is 2.42. The molecule has 0 atom stereocenters. The molecule has 7 heteroatoms. The Morgan fingerprint density at radius 2 is 1.84 bits per heavy atom. The summed E-state index contributed by atoms with van der Waals surface area (Å²) in [6.07, 6.45) is 1.65. The van der Waals surface area contributed by atoms with Crippen LogP contribution in [0.15, 0.2) is 54.7 Å². The summed E-state index contributed by atoms with van der Waals surface area (Å²) < 4.78 is 1.65. The van der Waals surface area contributed by atoms with Gasteiger partial charge in [0, 0.05) is 13.6 Å². The summed E-state index contributed by atoms with van der Waals surface area (Å²) in [5, 5.41) is 8.97. The highest BCUT2D eigenvalue weighted by Crippen LogP contribution is 2.23. The lowest BCUT2D eigenvalue weighted by atomic mass is 10.2. The van der Waals surface area contributed by atoms with E-state index in [1.54, 1.807) is 35.0 Å². The molecule has 0 aliphatic carbocycles. The Balaban J connectivity index is 1.67. The molecule has 0 aliphatic rings. The van der Waals surface area contributed by atoms with Gasteiger partial charge in [-0.1, -0.05) is 64.8 Å². The van der Waals surface area contributed by atoms with Gasteiger partial charge in [0.25, 0.3) is 5.91 Å². The molecule has 1 aromatic heterocycles. The Morgan fingerprint density at radius 1 is 1.08 bits per heavy atom. The van der Waals surface area contributed by atoms with Gasteiger partial charge in [-0.15, -0.1) is 5.10 Å². The van der Waals surface area contributed by atoms with Crippen molar-refractivity contribution in [3.05, 3.63) is 81.6 Å². The monoisotopic (exact) mass is 374 g/mol. The molecule has 2 aromatic carbocycles. The highest BCUT2D eigenvalue weighted by molar-refractivity contribution is 6.42. The van der Waals surface area contributed by atoms with Gasteiger partial charge in [0.2, 0.25) is 0 Å². The van der Waals surface area contributed by atoms with Gasteiger partial charge in [-0.2, -0.15) is 0 Å². The fraction of sp³-hybridized carbons (Fsp3) is 0.167. The van der Waals surface area contributed by atoms with E-state index in [9.17, 15) is 4.79 Å². The van der Waals surface area contributed by atoms with Gasteiger partial charge in [-0.05, 0) is 23.3 Å². The third-order valence-corrected chi connectivity index (χ3v) is 4.43. The maximum absolute atomic E-state index is 12.5. The first-order valence-electron chi connectivity index (χ1n) is 7.66. The van der Waals surface area contributed by atoms with Gasteiger partial charge < -0.3 is 4.90 Å². The highest BCUT2D eigenvalue weighted by Gasteiger charge is 2.16. The van der Waals surface area contributed by atoms with Crippen LogP contribution in [0.4, 0.5) is 0 Å². The summed E-state index contributed by atoms with van der Waals surface area (Å²) in [4.78, 5) is 14.1. The predicted molar refractivity (Wildman–Crippen MR) is 97.8 cm³/mol. The Morgan fingerprint density at radius 3 is 2.56 bits per heavy atom. The normalized spacial score (nSPS) is 10.7. The first-order valence-corrected chi connectivity index (χ1v) is 8.42. The zero-order valence-corrected chi connectivity index (χ0v) is 15.1. The van der Waals surface area contributed by atoms with Gasteiger partial charge in [-0.3, -0.25) is 4.79 Å². The minimum Gasteiger partial charge on any atom is -0.336 e. The van der Waals surface area contributed by atoms with Crippen LogP contribution in [0.3, 0.4) is 0 Å². The lowest BCUT2D eigenvalue weighted by Gasteiger charge is -2.16. The number of hydrogen-bond acceptors (Lipinski definition) is 3. The van der Waals surface area contributed by atoms with Crippen molar-refractivity contribution in [3.8, 4) is 0 Å². The summed E-state index contributed by atoms with van der Waals surface area (Å²) in [5.74, 6) is -0.203. The van der Waals surface area contributed by atoms with Crippen molar-refractivity contribution in [3.63, 3.8) is 0 Å². The summed E-state index contributed by atoms with van der Waals surface area (Å²) in [6, 6.07) is 15.2. The topological polar surface area (TPSA) is 51.0 Å². The van der Waals surface area contributed by atoms with Crippen LogP contribution in [-0.2, 0) is 13.1 Å². The lowest BCUT2D eigenvalue weighted by molar-refractivity contribution is 0.0779. The van der Waals surface area contributed by atoms with Gasteiger partial charge in [0.15, 0.2) is 5.69 Å². The van der Waals surface area contributed by atoms with Crippen molar-refractivity contribution in [1.82, 2.24) is 19.9 Å². The van der Waals surface area contributed by atoms with Crippen LogP contribution >= 0.6 is 23.2 Å². The molecule has 3 aromatic rings. The second-order valence-corrected chi connectivity index (χ2v) is 6.51. The van der Waals surface area contributed by atoms with E-state index >= 15 is 0 Å². The molecule has 0 N–H and O–H groups in total. The number of hydrogen-bond donors (Lipinski definition) is 0. The number of carbonyl (C=O) groups is 1. The van der Waals surface area contributed by atoms with E-state index in [0.29, 0.717) is 28.8 Å². The van der Waals surface area contributed by atoms with E-state index in [-0.39, 0.29) is 5.91 Å². The van der Waals surface area contributed by atoms with Crippen molar-refractivity contribution >= 4 is 29.1 Å². The minimum absolute atomic E-state index is 0.203. The second-order valence-electron chi connectivity index (χ2n) is 5.70. The molecule has 3 rings (SSSR count). The zero-order chi connectivity index (χ0) is 17.8. The predicted octanol–water partition coefficient (Wildman–Crippen LogP) is 3.91. The third kappa shape index (κ3) is 4.38. The Kier molecular flexibility index (Phi) is 5.36. The number of rotatable bonds is 5. The second kappa shape index (κ2) is 7.68. The van der Waals surface area contributed by atoms with E-state index < -0.39 is 0 Å². The fourth-order valence-corrected chi connectivity index (χ4v) is 2.74. The average Bonchev–Trinajstić information content (AvgIpc) is 3.07. The van der Waals surface area contributed by atoms with Crippen LogP contribution in [0.25, 0.3) is 0 Å². The van der Waals surface area contributed by atoms with Crippen molar-refractivity contribution in [2.75, 3.05) is 7.05 Å². The standard InChI is InChI=1S/C18H16Cl2N4O/c1-23(10-14-7-8-15(19)16(20)9-14)18(25)17-12-24(22-21-17)11-13-5-3-2-4-6-13/h2-9,12H,10-11H2,1H3. The Bertz CT molecular complexity index is 880. The summed E-state index contributed by atoms with van der Waals surface area (Å²) in [5.41, 5.74) is 2.29. The Hall–Kier alpha value is -2.37. The lowest BCUT2D eigenvalue weighted by Crippen LogP contribution is -2.26. The summed E-state index contributed by atoms with van der Waals surface area (Å²) in [7, 11) is 1.71. The molecule has 0 spiro atoms. The largest absolute Gasteiger partial charge is 0.336 e. The van der Waals surface area contributed by atoms with E-state index in [0.717, 1.165) is 11.1 Å². The van der Waals surface area contributed by atoms with E-state index in [2.05, 4.69) is 10.3 Å². The zero-order valence-electron chi connectivity index (χ0n) is 13.6. The Labute approximate surface area is 155 Å². The van der Waals surface area contributed by atoms with E-state index in [1.807, 2.05) is 36.4 Å². The molecular formula is C18H16Cl2N4O. The van der Waals surface area contributed by atoms with Crippen LogP contribution in [0.1, 0.15) is 21.6 Å². The highest BCUT2D eigenvalue weighted by atomic mass is 35.5. The van der Waals surface area contributed by atoms with E-state index in [4.69, 9.17) is 23.2 Å². The minimum atomic E-state index is -0.203. The number of halogens is 2. The van der Waals surface area contributed by atoms with Crippen molar-refractivity contribution in [1.29, 1.82) is 0 Å². The van der Waals surface area contributed by atoms with Crippen LogP contribution in [0, 0.1) is 0 Å². The summed E-state index contributed by atoms with van der Waals surface area (Å²) in [6.45, 7) is 0.971. The molecular weight excluding hydrogens is 359 g/mol. The van der Waals surface area contributed by atoms with Gasteiger partial charge >= 0.3 is 0 Å². The maximum atomic E-state index is 12.5. The number of aromatic nitrogens is 3. The quantitative estimate of drug-likeness (QED) is 0.680. The molecule has 128 valence electrons. The molecule has 0 saturated heterocycles. The van der Waals surface area contributed by atoms with E-state index in [1.165, 1.54) is 0 Å². The molecule has 25 heavy (non-hydrogen) atoms. The molecule has 1 heterocycles. The maximum Gasteiger partial charge on any atom is 0.276 e. The van der Waals surface area contributed by atoms with Crippen molar-refractivity contribution < 1.29 is 4.79 Å². The molecule has 5 nitrogen and oxygen atoms in total. The first kappa shape index (κ1) is 17.5. The molecule has 0 radical (unpaired) electrons. The SMILES string of the molecule is CN(Cc1ccc(Cl)c(Cl)c1)C(=O)c1cn(Cc2ccccc2)nn1. The number of carbonyl (C=O) groups excluding carboxylic acids is 1. The van der Waals surface area contributed by atoms with Crippen LogP contribution in [-0.4, -0.2) is 32.8 Å². The third-order valence-electron chi connectivity index (χ3n) is 3.70. The van der Waals surface area contributed by atoms with Gasteiger partial charge in [0.1, 0.15) is 0 Å². The molecule has 0 fully saturated rings. The number of benzene rings is 2. The molecule has 0 bridgehead atoms. The molecule has 0 saturated carbocycles.